The number of rotatable bonds is 6. The highest BCUT2D eigenvalue weighted by Crippen LogP contribution is 2.23. The van der Waals surface area contributed by atoms with Crippen LogP contribution in [0, 0.1) is 0 Å². The minimum atomic E-state index is -3.42. The van der Waals surface area contributed by atoms with Crippen molar-refractivity contribution in [2.24, 2.45) is 0 Å². The molecule has 0 radical (unpaired) electrons. The van der Waals surface area contributed by atoms with Gasteiger partial charge in [-0.05, 0) is 57.0 Å². The highest BCUT2D eigenvalue weighted by Gasteiger charge is 2.26. The molecule has 2 fully saturated rings. The first-order chi connectivity index (χ1) is 12.5. The van der Waals surface area contributed by atoms with Gasteiger partial charge < -0.3 is 5.32 Å². The molecular formula is C19H29N3O3S. The average Bonchev–Trinajstić information content (AvgIpc) is 3.18. The molecule has 0 spiro atoms. The number of piperidine rings is 1. The largest absolute Gasteiger partial charge is 0.325 e. The number of nitrogens with one attached hydrogen (secondary N) is 1. The van der Waals surface area contributed by atoms with Gasteiger partial charge in [-0.3, -0.25) is 9.69 Å². The molecule has 3 rings (SSSR count). The number of benzene rings is 1. The average molecular weight is 380 g/mol. The summed E-state index contributed by atoms with van der Waals surface area (Å²) in [7, 11) is -1.44. The minimum absolute atomic E-state index is 0.0639. The van der Waals surface area contributed by atoms with Crippen molar-refractivity contribution >= 4 is 21.6 Å². The van der Waals surface area contributed by atoms with Gasteiger partial charge in [-0.2, -0.15) is 4.31 Å². The number of carbonyl (C=O) groups is 1. The van der Waals surface area contributed by atoms with Crippen molar-refractivity contribution in [1.82, 2.24) is 9.21 Å². The molecular weight excluding hydrogens is 350 g/mol. The Kier molecular flexibility index (Phi) is 6.32. The lowest BCUT2D eigenvalue weighted by atomic mass is 10.2. The zero-order valence-electron chi connectivity index (χ0n) is 15.5. The van der Waals surface area contributed by atoms with Crippen molar-refractivity contribution in [2.45, 2.75) is 55.9 Å². The zero-order valence-corrected chi connectivity index (χ0v) is 16.3. The lowest BCUT2D eigenvalue weighted by Crippen LogP contribution is -2.36. The number of carbonyl (C=O) groups excluding carboxylic acids is 1. The Bertz CT molecular complexity index is 706. The standard InChI is InChI=1S/C19H29N3O3S/c1-21(17-7-3-4-8-17)15-19(23)20-16-9-11-18(12-10-16)26(24,25)22-13-5-2-6-14-22/h9-12,17H,2-8,13-15H2,1H3,(H,20,23). The number of hydrogen-bond donors (Lipinski definition) is 1. The van der Waals surface area contributed by atoms with E-state index >= 15 is 0 Å². The van der Waals surface area contributed by atoms with E-state index in [4.69, 9.17) is 0 Å². The minimum Gasteiger partial charge on any atom is -0.325 e. The molecule has 2 aliphatic rings. The summed E-state index contributed by atoms with van der Waals surface area (Å²) in [5, 5.41) is 2.87. The van der Waals surface area contributed by atoms with Crippen LogP contribution in [-0.4, -0.2) is 56.3 Å². The Morgan fingerprint density at radius 2 is 1.69 bits per heavy atom. The van der Waals surface area contributed by atoms with Crippen LogP contribution in [0.3, 0.4) is 0 Å². The number of amides is 1. The van der Waals surface area contributed by atoms with E-state index in [-0.39, 0.29) is 5.91 Å². The Hall–Kier alpha value is -1.44. The molecule has 0 atom stereocenters. The Balaban J connectivity index is 1.57. The van der Waals surface area contributed by atoms with Crippen LogP contribution < -0.4 is 5.32 Å². The van der Waals surface area contributed by atoms with Crippen LogP contribution in [0.4, 0.5) is 5.69 Å². The lowest BCUT2D eigenvalue weighted by molar-refractivity contribution is -0.117. The first-order valence-corrected chi connectivity index (χ1v) is 11.0. The summed E-state index contributed by atoms with van der Waals surface area (Å²) in [6.45, 7) is 1.54. The Morgan fingerprint density at radius 3 is 2.31 bits per heavy atom. The predicted octanol–water partition coefficient (Wildman–Crippen LogP) is 2.67. The normalized spacial score (nSPS) is 19.8. The molecule has 1 saturated heterocycles. The third-order valence-electron chi connectivity index (χ3n) is 5.43. The van der Waals surface area contributed by atoms with Crippen LogP contribution in [-0.2, 0) is 14.8 Å². The van der Waals surface area contributed by atoms with Gasteiger partial charge in [0.15, 0.2) is 0 Å². The lowest BCUT2D eigenvalue weighted by Gasteiger charge is -2.26. The topological polar surface area (TPSA) is 69.7 Å². The van der Waals surface area contributed by atoms with Gasteiger partial charge in [-0.1, -0.05) is 19.3 Å². The van der Waals surface area contributed by atoms with E-state index in [0.717, 1.165) is 32.1 Å². The highest BCUT2D eigenvalue weighted by molar-refractivity contribution is 7.89. The SMILES string of the molecule is CN(CC(=O)Nc1ccc(S(=O)(=O)N2CCCCC2)cc1)C1CCCC1. The summed E-state index contributed by atoms with van der Waals surface area (Å²) in [5.74, 6) is -0.0639. The molecule has 26 heavy (non-hydrogen) atoms. The molecule has 7 heteroatoms. The molecule has 1 aromatic rings. The van der Waals surface area contributed by atoms with Gasteiger partial charge in [-0.15, -0.1) is 0 Å². The summed E-state index contributed by atoms with van der Waals surface area (Å²) in [4.78, 5) is 14.6. The van der Waals surface area contributed by atoms with Gasteiger partial charge in [0.2, 0.25) is 15.9 Å². The summed E-state index contributed by atoms with van der Waals surface area (Å²) >= 11 is 0. The fraction of sp³-hybridized carbons (Fsp3) is 0.632. The molecule has 1 aliphatic carbocycles. The molecule has 1 aliphatic heterocycles. The predicted molar refractivity (Wildman–Crippen MR) is 103 cm³/mol. The fourth-order valence-corrected chi connectivity index (χ4v) is 5.38. The van der Waals surface area contributed by atoms with Crippen LogP contribution in [0.1, 0.15) is 44.9 Å². The van der Waals surface area contributed by atoms with Crippen molar-refractivity contribution in [1.29, 1.82) is 0 Å². The molecule has 1 N–H and O–H groups in total. The molecule has 1 saturated carbocycles. The van der Waals surface area contributed by atoms with Crippen LogP contribution >= 0.6 is 0 Å². The number of hydrogen-bond acceptors (Lipinski definition) is 4. The molecule has 144 valence electrons. The van der Waals surface area contributed by atoms with E-state index in [1.54, 1.807) is 28.6 Å². The second kappa shape index (κ2) is 8.50. The fourth-order valence-electron chi connectivity index (χ4n) is 3.87. The quantitative estimate of drug-likeness (QED) is 0.825. The van der Waals surface area contributed by atoms with Gasteiger partial charge in [0.25, 0.3) is 0 Å². The Morgan fingerprint density at radius 1 is 1.08 bits per heavy atom. The summed E-state index contributed by atoms with van der Waals surface area (Å²) in [6.07, 6.45) is 7.73. The van der Waals surface area contributed by atoms with Gasteiger partial charge in [-0.25, -0.2) is 8.42 Å². The second-order valence-electron chi connectivity index (χ2n) is 7.39. The van der Waals surface area contributed by atoms with Crippen molar-refractivity contribution in [3.8, 4) is 0 Å². The molecule has 0 aromatic heterocycles. The van der Waals surface area contributed by atoms with E-state index in [1.165, 1.54) is 12.8 Å². The van der Waals surface area contributed by atoms with E-state index < -0.39 is 10.0 Å². The number of likely N-dealkylation sites (N-methyl/N-ethyl adjacent to an activating group) is 1. The first-order valence-electron chi connectivity index (χ1n) is 9.57. The third kappa shape index (κ3) is 4.64. The van der Waals surface area contributed by atoms with Gasteiger partial charge in [0, 0.05) is 24.8 Å². The second-order valence-corrected chi connectivity index (χ2v) is 9.33. The molecule has 1 aromatic carbocycles. The number of sulfonamides is 1. The van der Waals surface area contributed by atoms with Crippen molar-refractivity contribution in [2.75, 3.05) is 32.0 Å². The molecule has 0 unspecified atom stereocenters. The van der Waals surface area contributed by atoms with Crippen molar-refractivity contribution in [3.63, 3.8) is 0 Å². The van der Waals surface area contributed by atoms with E-state index in [2.05, 4.69) is 10.2 Å². The highest BCUT2D eigenvalue weighted by atomic mass is 32.2. The number of anilines is 1. The van der Waals surface area contributed by atoms with Crippen LogP contribution in [0.15, 0.2) is 29.2 Å². The maximum atomic E-state index is 12.6. The third-order valence-corrected chi connectivity index (χ3v) is 7.34. The summed E-state index contributed by atoms with van der Waals surface area (Å²) < 4.78 is 26.8. The molecule has 1 heterocycles. The number of nitrogens with zero attached hydrogens (tertiary/aromatic N) is 2. The van der Waals surface area contributed by atoms with Crippen LogP contribution in [0.25, 0.3) is 0 Å². The van der Waals surface area contributed by atoms with E-state index in [1.807, 2.05) is 7.05 Å². The van der Waals surface area contributed by atoms with Crippen molar-refractivity contribution in [3.05, 3.63) is 24.3 Å². The van der Waals surface area contributed by atoms with E-state index in [0.29, 0.717) is 36.3 Å². The van der Waals surface area contributed by atoms with Crippen molar-refractivity contribution < 1.29 is 13.2 Å². The van der Waals surface area contributed by atoms with Gasteiger partial charge in [0.05, 0.1) is 11.4 Å². The monoisotopic (exact) mass is 379 g/mol. The van der Waals surface area contributed by atoms with Crippen LogP contribution in [0.2, 0.25) is 0 Å². The van der Waals surface area contributed by atoms with Gasteiger partial charge in [0.1, 0.15) is 0 Å². The van der Waals surface area contributed by atoms with Gasteiger partial charge >= 0.3 is 0 Å². The molecule has 6 nitrogen and oxygen atoms in total. The maximum absolute atomic E-state index is 12.6. The van der Waals surface area contributed by atoms with Crippen LogP contribution in [0.5, 0.6) is 0 Å². The zero-order chi connectivity index (χ0) is 18.6. The van der Waals surface area contributed by atoms with E-state index in [9.17, 15) is 13.2 Å². The molecule has 1 amide bonds. The summed E-state index contributed by atoms with van der Waals surface area (Å²) in [5.41, 5.74) is 0.632. The summed E-state index contributed by atoms with van der Waals surface area (Å²) in [6, 6.07) is 7.01. The molecule has 0 bridgehead atoms. The first kappa shape index (κ1) is 19.3. The Labute approximate surface area is 156 Å². The maximum Gasteiger partial charge on any atom is 0.243 e. The smallest absolute Gasteiger partial charge is 0.243 e.